The van der Waals surface area contributed by atoms with E-state index in [-0.39, 0.29) is 5.56 Å². The number of para-hydroxylation sites is 1. The summed E-state index contributed by atoms with van der Waals surface area (Å²) in [6.07, 6.45) is 1.95. The van der Waals surface area contributed by atoms with Gasteiger partial charge in [-0.05, 0) is 24.5 Å². The van der Waals surface area contributed by atoms with Crippen LogP contribution in [-0.4, -0.2) is 16.2 Å². The van der Waals surface area contributed by atoms with E-state index in [1.807, 2.05) is 42.7 Å². The maximum Gasteiger partial charge on any atom is 0.274 e. The monoisotopic (exact) mass is 242 g/mol. The number of benzene rings is 1. The van der Waals surface area contributed by atoms with E-state index in [0.717, 1.165) is 21.3 Å². The third-order valence-electron chi connectivity index (χ3n) is 2.76. The minimum Gasteiger partial charge on any atom is -0.320 e. The van der Waals surface area contributed by atoms with Gasteiger partial charge in [-0.2, -0.15) is 0 Å². The Balaban J connectivity index is 2.54. The number of thioether (sulfide) groups is 1. The van der Waals surface area contributed by atoms with Crippen molar-refractivity contribution >= 4 is 33.6 Å². The van der Waals surface area contributed by atoms with E-state index in [1.165, 1.54) is 11.8 Å². The first-order valence-corrected chi connectivity index (χ1v) is 6.48. The highest BCUT2D eigenvalue weighted by Gasteiger charge is 2.06. The molecule has 17 heavy (non-hydrogen) atoms. The van der Waals surface area contributed by atoms with Crippen molar-refractivity contribution in [2.24, 2.45) is 0 Å². The molecule has 3 aromatic rings. The van der Waals surface area contributed by atoms with Gasteiger partial charge >= 0.3 is 0 Å². The molecule has 3 nitrogen and oxygen atoms in total. The molecule has 4 heteroatoms. The molecule has 3 rings (SSSR count). The summed E-state index contributed by atoms with van der Waals surface area (Å²) in [5.74, 6) is 0. The minimum absolute atomic E-state index is 0.130. The van der Waals surface area contributed by atoms with Gasteiger partial charge in [0, 0.05) is 16.3 Å². The normalized spacial score (nSPS) is 11.1. The first-order chi connectivity index (χ1) is 8.29. The van der Waals surface area contributed by atoms with Gasteiger partial charge in [-0.3, -0.25) is 4.79 Å². The van der Waals surface area contributed by atoms with Crippen molar-refractivity contribution < 1.29 is 0 Å². The topological polar surface area (TPSA) is 45.8 Å². The molecule has 1 N–H and O–H groups in total. The average Bonchev–Trinajstić information content (AvgIpc) is 2.38. The van der Waals surface area contributed by atoms with Crippen LogP contribution in [0.25, 0.3) is 21.8 Å². The minimum atomic E-state index is -0.130. The Hall–Kier alpha value is -1.81. The molecule has 0 spiro atoms. The largest absolute Gasteiger partial charge is 0.320 e. The number of nitrogens with zero attached hydrogens (tertiary/aromatic N) is 1. The molecule has 2 heterocycles. The third-order valence-corrected chi connectivity index (χ3v) is 3.40. The van der Waals surface area contributed by atoms with Crippen LogP contribution < -0.4 is 5.56 Å². The van der Waals surface area contributed by atoms with Gasteiger partial charge in [-0.15, -0.1) is 11.8 Å². The van der Waals surface area contributed by atoms with E-state index in [1.54, 1.807) is 0 Å². The SMILES string of the molecule is CSc1ccc2c(n1)c(=O)[nH]c1ccccc12. The van der Waals surface area contributed by atoms with Gasteiger partial charge in [-0.1, -0.05) is 18.2 Å². The highest BCUT2D eigenvalue weighted by atomic mass is 32.2. The number of pyridine rings is 2. The van der Waals surface area contributed by atoms with Gasteiger partial charge < -0.3 is 4.98 Å². The van der Waals surface area contributed by atoms with Crippen LogP contribution in [0, 0.1) is 0 Å². The van der Waals surface area contributed by atoms with Gasteiger partial charge in [0.2, 0.25) is 0 Å². The Labute approximate surface area is 102 Å². The van der Waals surface area contributed by atoms with Crippen LogP contribution in [0.15, 0.2) is 46.2 Å². The zero-order valence-corrected chi connectivity index (χ0v) is 10.0. The van der Waals surface area contributed by atoms with Crippen molar-refractivity contribution in [1.29, 1.82) is 0 Å². The second-order valence-electron chi connectivity index (χ2n) is 3.75. The molecule has 0 aliphatic heterocycles. The van der Waals surface area contributed by atoms with E-state index in [9.17, 15) is 4.79 Å². The van der Waals surface area contributed by atoms with Crippen LogP contribution in [-0.2, 0) is 0 Å². The predicted molar refractivity (Wildman–Crippen MR) is 71.7 cm³/mol. The van der Waals surface area contributed by atoms with Crippen molar-refractivity contribution in [3.63, 3.8) is 0 Å². The Bertz CT molecular complexity index is 764. The summed E-state index contributed by atoms with van der Waals surface area (Å²) < 4.78 is 0. The van der Waals surface area contributed by atoms with E-state index < -0.39 is 0 Å². The molecule has 0 saturated heterocycles. The number of hydrogen-bond acceptors (Lipinski definition) is 3. The smallest absolute Gasteiger partial charge is 0.274 e. The fraction of sp³-hybridized carbons (Fsp3) is 0.0769. The molecule has 0 amide bonds. The van der Waals surface area contributed by atoms with E-state index in [2.05, 4.69) is 9.97 Å². The summed E-state index contributed by atoms with van der Waals surface area (Å²) in [7, 11) is 0. The van der Waals surface area contributed by atoms with Crippen LogP contribution in [0.2, 0.25) is 0 Å². The summed E-state index contributed by atoms with van der Waals surface area (Å²) in [6, 6.07) is 11.7. The van der Waals surface area contributed by atoms with Crippen LogP contribution in [0.5, 0.6) is 0 Å². The van der Waals surface area contributed by atoms with Crippen molar-refractivity contribution in [2.45, 2.75) is 5.03 Å². The molecule has 0 aliphatic carbocycles. The molecule has 0 radical (unpaired) electrons. The highest BCUT2D eigenvalue weighted by molar-refractivity contribution is 7.98. The number of aromatic nitrogens is 2. The molecular weight excluding hydrogens is 232 g/mol. The molecule has 0 unspecified atom stereocenters. The third kappa shape index (κ3) is 1.61. The summed E-state index contributed by atoms with van der Waals surface area (Å²) in [5.41, 5.74) is 1.23. The first kappa shape index (κ1) is 10.4. The van der Waals surface area contributed by atoms with Crippen LogP contribution in [0.1, 0.15) is 0 Å². The summed E-state index contributed by atoms with van der Waals surface area (Å²) in [6.45, 7) is 0. The molecule has 2 aromatic heterocycles. The lowest BCUT2D eigenvalue weighted by molar-refractivity contribution is 1.17. The summed E-state index contributed by atoms with van der Waals surface area (Å²) in [4.78, 5) is 19.2. The fourth-order valence-electron chi connectivity index (χ4n) is 1.95. The second kappa shape index (κ2) is 3.89. The second-order valence-corrected chi connectivity index (χ2v) is 4.58. The Morgan fingerprint density at radius 2 is 1.94 bits per heavy atom. The molecule has 0 fully saturated rings. The van der Waals surface area contributed by atoms with Gasteiger partial charge in [0.15, 0.2) is 0 Å². The van der Waals surface area contributed by atoms with Gasteiger partial charge in [0.05, 0.1) is 5.03 Å². The number of hydrogen-bond donors (Lipinski definition) is 1. The van der Waals surface area contributed by atoms with Crippen LogP contribution in [0.4, 0.5) is 0 Å². The Morgan fingerprint density at radius 3 is 2.76 bits per heavy atom. The summed E-state index contributed by atoms with van der Waals surface area (Å²) >= 11 is 1.53. The molecule has 0 aliphatic rings. The van der Waals surface area contributed by atoms with E-state index in [4.69, 9.17) is 0 Å². The number of rotatable bonds is 1. The number of aromatic amines is 1. The first-order valence-electron chi connectivity index (χ1n) is 5.25. The number of nitrogens with one attached hydrogen (secondary N) is 1. The lowest BCUT2D eigenvalue weighted by atomic mass is 10.1. The van der Waals surface area contributed by atoms with E-state index in [0.29, 0.717) is 5.52 Å². The van der Waals surface area contributed by atoms with Crippen molar-refractivity contribution in [1.82, 2.24) is 9.97 Å². The Morgan fingerprint density at radius 1 is 1.12 bits per heavy atom. The Kier molecular flexibility index (Phi) is 2.37. The lowest BCUT2D eigenvalue weighted by Crippen LogP contribution is -2.08. The standard InChI is InChI=1S/C13H10N2OS/c1-17-11-7-6-9-8-4-2-3-5-10(8)14-13(16)12(9)15-11/h2-7H,1H3,(H,14,16). The van der Waals surface area contributed by atoms with E-state index >= 15 is 0 Å². The van der Waals surface area contributed by atoms with Crippen molar-refractivity contribution in [3.05, 3.63) is 46.8 Å². The summed E-state index contributed by atoms with van der Waals surface area (Å²) in [5, 5.41) is 2.79. The highest BCUT2D eigenvalue weighted by Crippen LogP contribution is 2.22. The molecule has 84 valence electrons. The van der Waals surface area contributed by atoms with Crippen molar-refractivity contribution in [2.75, 3.05) is 6.26 Å². The van der Waals surface area contributed by atoms with Crippen LogP contribution >= 0.6 is 11.8 Å². The average molecular weight is 242 g/mol. The maximum atomic E-state index is 11.9. The molecule has 0 saturated carbocycles. The number of fused-ring (bicyclic) bond motifs is 3. The van der Waals surface area contributed by atoms with Gasteiger partial charge in [0.25, 0.3) is 5.56 Å². The predicted octanol–water partition coefficient (Wildman–Crippen LogP) is 2.80. The van der Waals surface area contributed by atoms with Gasteiger partial charge in [-0.25, -0.2) is 4.98 Å². The maximum absolute atomic E-state index is 11.9. The molecule has 0 atom stereocenters. The van der Waals surface area contributed by atoms with Gasteiger partial charge in [0.1, 0.15) is 5.52 Å². The molecule has 0 bridgehead atoms. The lowest BCUT2D eigenvalue weighted by Gasteiger charge is -2.03. The fourth-order valence-corrected chi connectivity index (χ4v) is 2.34. The van der Waals surface area contributed by atoms with Crippen LogP contribution in [0.3, 0.4) is 0 Å². The number of H-pyrrole nitrogens is 1. The van der Waals surface area contributed by atoms with Crippen molar-refractivity contribution in [3.8, 4) is 0 Å². The molecule has 1 aromatic carbocycles. The molecular formula is C13H10N2OS. The quantitative estimate of drug-likeness (QED) is 0.527. The zero-order valence-electron chi connectivity index (χ0n) is 9.23. The zero-order chi connectivity index (χ0) is 11.8.